The second-order valence-corrected chi connectivity index (χ2v) is 10.2. The van der Waals surface area contributed by atoms with Gasteiger partial charge in [0, 0.05) is 17.3 Å². The largest absolute Gasteiger partial charge is 0.481 e. The van der Waals surface area contributed by atoms with Crippen molar-refractivity contribution in [2.24, 2.45) is 0 Å². The molecule has 6 nitrogen and oxygen atoms in total. The zero-order valence-electron chi connectivity index (χ0n) is 20.4. The van der Waals surface area contributed by atoms with Crippen LogP contribution in [-0.4, -0.2) is 40.0 Å². The highest BCUT2D eigenvalue weighted by molar-refractivity contribution is 7.39. The summed E-state index contributed by atoms with van der Waals surface area (Å²) in [6, 6.07) is 16.1. The molecular formula is C28H29FNO5P. The zero-order chi connectivity index (χ0) is 26.2. The minimum absolute atomic E-state index is 0.0312. The van der Waals surface area contributed by atoms with Crippen LogP contribution in [-0.2, 0) is 13.9 Å². The predicted octanol–water partition coefficient (Wildman–Crippen LogP) is 5.66. The van der Waals surface area contributed by atoms with Crippen molar-refractivity contribution in [1.82, 2.24) is 4.98 Å². The fourth-order valence-electron chi connectivity index (χ4n) is 3.74. The quantitative estimate of drug-likeness (QED) is 0.285. The maximum atomic E-state index is 13.7. The van der Waals surface area contributed by atoms with Gasteiger partial charge in [0.05, 0.1) is 29.5 Å². The normalized spacial score (nSPS) is 12.6. The van der Waals surface area contributed by atoms with Crippen LogP contribution in [0.2, 0.25) is 0 Å². The van der Waals surface area contributed by atoms with E-state index in [0.717, 1.165) is 33.6 Å². The molecule has 2 aromatic carbocycles. The first-order chi connectivity index (χ1) is 17.2. The number of carboxylic acids is 1. The molecule has 0 aliphatic carbocycles. The molecule has 0 amide bonds. The number of pyridine rings is 1. The number of carboxylic acid groups (broad SMARTS) is 1. The summed E-state index contributed by atoms with van der Waals surface area (Å²) in [4.78, 5) is 15.6. The van der Waals surface area contributed by atoms with Crippen molar-refractivity contribution in [1.29, 1.82) is 0 Å². The third-order valence-corrected chi connectivity index (χ3v) is 6.77. The van der Waals surface area contributed by atoms with Gasteiger partial charge in [-0.2, -0.15) is 0 Å². The Hall–Kier alpha value is -3.30. The molecule has 8 heteroatoms. The van der Waals surface area contributed by atoms with Crippen molar-refractivity contribution in [3.8, 4) is 34.2 Å². The van der Waals surface area contributed by atoms with Gasteiger partial charge in [-0.1, -0.05) is 62.1 Å². The van der Waals surface area contributed by atoms with E-state index in [9.17, 15) is 18.9 Å². The molecule has 0 radical (unpaired) electrons. The number of rotatable bonds is 9. The van der Waals surface area contributed by atoms with Crippen LogP contribution < -0.4 is 0 Å². The Morgan fingerprint density at radius 1 is 1.14 bits per heavy atom. The standard InChI is InChI=1S/C28H29FNO5P/c1-18(2)28-24(9-6-14-35-36(34)17-22(31)15-27(32)33)25(20-10-12-21(29)13-11-20)16-26(30-28)23-8-5-4-7-19(23)3/h4-5,7-8,10-13,16,18,22,31,36H,14-15,17H2,1-3H3,(H,32,33). The lowest BCUT2D eigenvalue weighted by Crippen LogP contribution is -2.15. The van der Waals surface area contributed by atoms with Gasteiger partial charge in [0.2, 0.25) is 0 Å². The summed E-state index contributed by atoms with van der Waals surface area (Å²) in [5.74, 6) is 4.49. The monoisotopic (exact) mass is 509 g/mol. The fourth-order valence-corrected chi connectivity index (χ4v) is 4.62. The van der Waals surface area contributed by atoms with Crippen LogP contribution in [0.15, 0.2) is 54.6 Å². The van der Waals surface area contributed by atoms with Gasteiger partial charge < -0.3 is 14.7 Å². The van der Waals surface area contributed by atoms with Crippen LogP contribution in [0.1, 0.15) is 43.0 Å². The molecule has 2 atom stereocenters. The van der Waals surface area contributed by atoms with E-state index < -0.39 is 26.5 Å². The number of nitrogens with zero attached hydrogens (tertiary/aromatic N) is 1. The first kappa shape index (κ1) is 27.3. The molecule has 1 heterocycles. The van der Waals surface area contributed by atoms with E-state index in [-0.39, 0.29) is 24.5 Å². The average Bonchev–Trinajstić information content (AvgIpc) is 2.81. The second kappa shape index (κ2) is 12.6. The number of aryl methyl sites for hydroxylation is 1. The van der Waals surface area contributed by atoms with E-state index in [1.807, 2.05) is 51.1 Å². The highest BCUT2D eigenvalue weighted by atomic mass is 31.1. The second-order valence-electron chi connectivity index (χ2n) is 8.71. The van der Waals surface area contributed by atoms with Crippen molar-refractivity contribution < 1.29 is 28.5 Å². The summed E-state index contributed by atoms with van der Waals surface area (Å²) in [7, 11) is -2.65. The summed E-state index contributed by atoms with van der Waals surface area (Å²) in [5.41, 5.74) is 5.87. The summed E-state index contributed by atoms with van der Waals surface area (Å²) >= 11 is 0. The van der Waals surface area contributed by atoms with Gasteiger partial charge in [-0.15, -0.1) is 0 Å². The van der Waals surface area contributed by atoms with Crippen LogP contribution in [0.4, 0.5) is 4.39 Å². The van der Waals surface area contributed by atoms with Gasteiger partial charge >= 0.3 is 5.97 Å². The first-order valence-electron chi connectivity index (χ1n) is 11.6. The van der Waals surface area contributed by atoms with E-state index in [2.05, 4.69) is 11.8 Å². The van der Waals surface area contributed by atoms with E-state index in [0.29, 0.717) is 5.56 Å². The number of aliphatic hydroxyl groups is 1. The van der Waals surface area contributed by atoms with Gasteiger partial charge in [0.15, 0.2) is 8.03 Å². The van der Waals surface area contributed by atoms with Crippen molar-refractivity contribution >= 4 is 14.0 Å². The molecule has 36 heavy (non-hydrogen) atoms. The molecule has 2 unspecified atom stereocenters. The summed E-state index contributed by atoms with van der Waals surface area (Å²) in [5, 5.41) is 18.3. The van der Waals surface area contributed by atoms with E-state index in [1.165, 1.54) is 12.1 Å². The number of hydrogen-bond acceptors (Lipinski definition) is 5. The van der Waals surface area contributed by atoms with Gasteiger partial charge in [-0.3, -0.25) is 14.3 Å². The Kier molecular flexibility index (Phi) is 9.55. The van der Waals surface area contributed by atoms with Gasteiger partial charge in [-0.05, 0) is 42.2 Å². The molecular weight excluding hydrogens is 480 g/mol. The molecule has 0 saturated heterocycles. The number of hydrogen-bond donors (Lipinski definition) is 2. The van der Waals surface area contributed by atoms with E-state index >= 15 is 0 Å². The van der Waals surface area contributed by atoms with Crippen molar-refractivity contribution in [2.45, 2.75) is 39.2 Å². The third-order valence-electron chi connectivity index (χ3n) is 5.50. The predicted molar refractivity (Wildman–Crippen MR) is 139 cm³/mol. The highest BCUT2D eigenvalue weighted by Gasteiger charge is 2.18. The minimum atomic E-state index is -2.65. The van der Waals surface area contributed by atoms with Gasteiger partial charge in [0.1, 0.15) is 12.4 Å². The van der Waals surface area contributed by atoms with Gasteiger partial charge in [-0.25, -0.2) is 4.39 Å². The van der Waals surface area contributed by atoms with Crippen LogP contribution in [0, 0.1) is 24.6 Å². The Morgan fingerprint density at radius 3 is 2.47 bits per heavy atom. The number of halogens is 1. The number of benzene rings is 2. The van der Waals surface area contributed by atoms with E-state index in [1.54, 1.807) is 12.1 Å². The average molecular weight is 510 g/mol. The van der Waals surface area contributed by atoms with Crippen molar-refractivity contribution in [3.05, 3.63) is 77.2 Å². The Bertz CT molecular complexity index is 1310. The lowest BCUT2D eigenvalue weighted by molar-refractivity contribution is -0.138. The maximum Gasteiger partial charge on any atom is 0.305 e. The number of carbonyl (C=O) groups is 1. The van der Waals surface area contributed by atoms with Crippen LogP contribution in [0.3, 0.4) is 0 Å². The maximum absolute atomic E-state index is 13.7. The molecule has 3 aromatic rings. The molecule has 2 N–H and O–H groups in total. The lowest BCUT2D eigenvalue weighted by Gasteiger charge is -2.17. The molecule has 0 spiro atoms. The van der Waals surface area contributed by atoms with Crippen molar-refractivity contribution in [2.75, 3.05) is 12.8 Å². The van der Waals surface area contributed by atoms with Gasteiger partial charge in [0.25, 0.3) is 0 Å². The summed E-state index contributed by atoms with van der Waals surface area (Å²) in [6.07, 6.45) is -1.98. The molecule has 0 saturated carbocycles. The van der Waals surface area contributed by atoms with E-state index in [4.69, 9.17) is 14.6 Å². The Labute approximate surface area is 211 Å². The number of aliphatic carboxylic acids is 1. The molecule has 0 bridgehead atoms. The molecule has 188 valence electrons. The Balaban J connectivity index is 1.99. The molecule has 0 aliphatic heterocycles. The van der Waals surface area contributed by atoms with Crippen LogP contribution in [0.5, 0.6) is 0 Å². The number of aromatic nitrogens is 1. The molecule has 0 aliphatic rings. The number of aliphatic hydroxyl groups excluding tert-OH is 1. The zero-order valence-corrected chi connectivity index (χ0v) is 21.4. The topological polar surface area (TPSA) is 96.7 Å². The smallest absolute Gasteiger partial charge is 0.305 e. The SMILES string of the molecule is Cc1ccccc1-c1cc(-c2ccc(F)cc2)c(C#CCO[PH](=O)CC(O)CC(=O)O)c(C(C)C)n1. The molecule has 3 rings (SSSR count). The molecule has 0 fully saturated rings. The summed E-state index contributed by atoms with van der Waals surface area (Å²) in [6.45, 7) is 5.90. The Morgan fingerprint density at radius 2 is 1.83 bits per heavy atom. The third kappa shape index (κ3) is 7.35. The fraction of sp³-hybridized carbons (Fsp3) is 0.286. The lowest BCUT2D eigenvalue weighted by atomic mass is 9.92. The molecule has 1 aromatic heterocycles. The van der Waals surface area contributed by atoms with Crippen molar-refractivity contribution in [3.63, 3.8) is 0 Å². The highest BCUT2D eigenvalue weighted by Crippen LogP contribution is 2.34. The first-order valence-corrected chi connectivity index (χ1v) is 13.1. The summed E-state index contributed by atoms with van der Waals surface area (Å²) < 4.78 is 31.0. The van der Waals surface area contributed by atoms with Crippen LogP contribution >= 0.6 is 8.03 Å². The minimum Gasteiger partial charge on any atom is -0.481 e. The van der Waals surface area contributed by atoms with Crippen LogP contribution in [0.25, 0.3) is 22.4 Å².